The summed E-state index contributed by atoms with van der Waals surface area (Å²) in [6, 6.07) is 0. The summed E-state index contributed by atoms with van der Waals surface area (Å²) < 4.78 is 0. The van der Waals surface area contributed by atoms with Gasteiger partial charge in [-0.1, -0.05) is 26.2 Å². The molecule has 1 saturated carbocycles. The van der Waals surface area contributed by atoms with Gasteiger partial charge in [0.25, 0.3) is 0 Å². The van der Waals surface area contributed by atoms with Crippen molar-refractivity contribution in [3.05, 3.63) is 0 Å². The second-order valence-electron chi connectivity index (χ2n) is 5.68. The number of amides is 1. The second-order valence-corrected chi connectivity index (χ2v) is 5.99. The summed E-state index contributed by atoms with van der Waals surface area (Å²) in [6.07, 6.45) is 6.98. The molecule has 2 rings (SSSR count). The Labute approximate surface area is 103 Å². The molecule has 1 aliphatic carbocycles. The summed E-state index contributed by atoms with van der Waals surface area (Å²) in [7, 11) is 0. The number of nitrogens with zero attached hydrogens (tertiary/aromatic N) is 1. The van der Waals surface area contributed by atoms with Gasteiger partial charge in [0.05, 0.1) is 0 Å². The van der Waals surface area contributed by atoms with E-state index in [-0.39, 0.29) is 5.41 Å². The highest BCUT2D eigenvalue weighted by Gasteiger charge is 2.39. The van der Waals surface area contributed by atoms with Crippen LogP contribution in [0.3, 0.4) is 0 Å². The number of hydrogen-bond donors (Lipinski definition) is 0. The van der Waals surface area contributed by atoms with Crippen LogP contribution in [-0.4, -0.2) is 29.8 Å². The van der Waals surface area contributed by atoms with E-state index >= 15 is 0 Å². The summed E-state index contributed by atoms with van der Waals surface area (Å²) in [5.74, 6) is 1.61. The van der Waals surface area contributed by atoms with Crippen LogP contribution in [0, 0.1) is 11.3 Å². The molecule has 2 nitrogen and oxygen atoms in total. The maximum Gasteiger partial charge on any atom is 0.228 e. The quantitative estimate of drug-likeness (QED) is 0.683. The van der Waals surface area contributed by atoms with Crippen LogP contribution < -0.4 is 0 Å². The Morgan fingerprint density at radius 2 is 2.06 bits per heavy atom. The summed E-state index contributed by atoms with van der Waals surface area (Å²) in [5, 5.41) is 0. The van der Waals surface area contributed by atoms with Crippen LogP contribution in [0.5, 0.6) is 0 Å². The zero-order chi connectivity index (χ0) is 11.6. The molecule has 1 aliphatic heterocycles. The summed E-state index contributed by atoms with van der Waals surface area (Å²) >= 11 is 5.86. The Hall–Kier alpha value is -0.240. The average Bonchev–Trinajstić information content (AvgIpc) is 2.77. The highest BCUT2D eigenvalue weighted by Crippen LogP contribution is 2.38. The normalized spacial score (nSPS) is 29.4. The molecule has 0 aromatic carbocycles. The minimum Gasteiger partial charge on any atom is -0.342 e. The molecule has 16 heavy (non-hydrogen) atoms. The Kier molecular flexibility index (Phi) is 3.78. The van der Waals surface area contributed by atoms with Crippen molar-refractivity contribution in [1.29, 1.82) is 0 Å². The predicted molar refractivity (Wildman–Crippen MR) is 66.6 cm³/mol. The molecule has 2 aliphatic rings. The summed E-state index contributed by atoms with van der Waals surface area (Å²) in [4.78, 5) is 14.5. The first-order valence-corrected chi connectivity index (χ1v) is 7.04. The molecule has 3 heteroatoms. The molecule has 0 spiro atoms. The molecule has 1 unspecified atom stereocenters. The molecule has 2 fully saturated rings. The first-order valence-electron chi connectivity index (χ1n) is 6.51. The van der Waals surface area contributed by atoms with E-state index in [4.69, 9.17) is 11.6 Å². The van der Waals surface area contributed by atoms with Crippen molar-refractivity contribution in [1.82, 2.24) is 4.90 Å². The van der Waals surface area contributed by atoms with Crippen molar-refractivity contribution in [2.45, 2.75) is 45.4 Å². The maximum absolute atomic E-state index is 12.5. The van der Waals surface area contributed by atoms with Gasteiger partial charge < -0.3 is 4.90 Å². The molecular weight excluding hydrogens is 222 g/mol. The highest BCUT2D eigenvalue weighted by molar-refractivity contribution is 6.18. The van der Waals surface area contributed by atoms with E-state index in [1.54, 1.807) is 0 Å². The fourth-order valence-electron chi connectivity index (χ4n) is 3.07. The Morgan fingerprint density at radius 3 is 2.62 bits per heavy atom. The molecule has 0 N–H and O–H groups in total. The molecule has 0 bridgehead atoms. The molecule has 1 saturated heterocycles. The fraction of sp³-hybridized carbons (Fsp3) is 0.923. The van der Waals surface area contributed by atoms with E-state index in [9.17, 15) is 4.79 Å². The van der Waals surface area contributed by atoms with Crippen LogP contribution in [0.2, 0.25) is 0 Å². The van der Waals surface area contributed by atoms with Crippen LogP contribution in [0.25, 0.3) is 0 Å². The van der Waals surface area contributed by atoms with Crippen LogP contribution in [-0.2, 0) is 4.79 Å². The van der Waals surface area contributed by atoms with Gasteiger partial charge in [-0.15, -0.1) is 11.6 Å². The monoisotopic (exact) mass is 243 g/mol. The number of likely N-dealkylation sites (tertiary alicyclic amines) is 1. The van der Waals surface area contributed by atoms with Crippen LogP contribution in [0.1, 0.15) is 45.4 Å². The summed E-state index contributed by atoms with van der Waals surface area (Å²) in [6.45, 7) is 3.96. The number of carbonyl (C=O) groups is 1. The Morgan fingerprint density at radius 1 is 1.38 bits per heavy atom. The third-order valence-corrected chi connectivity index (χ3v) is 4.70. The van der Waals surface area contributed by atoms with Crippen molar-refractivity contribution in [3.8, 4) is 0 Å². The zero-order valence-electron chi connectivity index (χ0n) is 10.2. The molecule has 0 aromatic rings. The van der Waals surface area contributed by atoms with Gasteiger partial charge in [0.2, 0.25) is 5.91 Å². The maximum atomic E-state index is 12.5. The van der Waals surface area contributed by atoms with E-state index in [2.05, 4.69) is 11.8 Å². The molecule has 0 aromatic heterocycles. The average molecular weight is 244 g/mol. The lowest BCUT2D eigenvalue weighted by Gasteiger charge is -2.35. The third-order valence-electron chi connectivity index (χ3n) is 4.26. The SMILES string of the molecule is CC1(C(=O)N2CCC(CCl)C2)CCCCC1. The Bertz CT molecular complexity index is 261. The van der Waals surface area contributed by atoms with Crippen LogP contribution in [0.4, 0.5) is 0 Å². The highest BCUT2D eigenvalue weighted by atomic mass is 35.5. The molecule has 92 valence electrons. The third kappa shape index (κ3) is 2.37. The molecule has 1 atom stereocenters. The van der Waals surface area contributed by atoms with Crippen molar-refractivity contribution in [2.24, 2.45) is 11.3 Å². The largest absolute Gasteiger partial charge is 0.342 e. The van der Waals surface area contributed by atoms with Gasteiger partial charge >= 0.3 is 0 Å². The topological polar surface area (TPSA) is 20.3 Å². The lowest BCUT2D eigenvalue weighted by Crippen LogP contribution is -2.42. The standard InChI is InChI=1S/C13H22ClNO/c1-13(6-3-2-4-7-13)12(16)15-8-5-11(9-14)10-15/h11H,2-10H2,1H3. The van der Waals surface area contributed by atoms with Gasteiger partial charge in [0, 0.05) is 24.4 Å². The van der Waals surface area contributed by atoms with E-state index in [1.807, 2.05) is 0 Å². The van der Waals surface area contributed by atoms with Crippen molar-refractivity contribution < 1.29 is 4.79 Å². The van der Waals surface area contributed by atoms with Gasteiger partial charge in [-0.2, -0.15) is 0 Å². The lowest BCUT2D eigenvalue weighted by molar-refractivity contribution is -0.142. The molecule has 0 radical (unpaired) electrons. The van der Waals surface area contributed by atoms with Crippen LogP contribution >= 0.6 is 11.6 Å². The van der Waals surface area contributed by atoms with Crippen molar-refractivity contribution in [3.63, 3.8) is 0 Å². The number of alkyl halides is 1. The van der Waals surface area contributed by atoms with Gasteiger partial charge in [-0.25, -0.2) is 0 Å². The van der Waals surface area contributed by atoms with E-state index in [0.29, 0.717) is 17.7 Å². The van der Waals surface area contributed by atoms with Gasteiger partial charge in [0.1, 0.15) is 0 Å². The first kappa shape index (κ1) is 12.2. The Balaban J connectivity index is 1.96. The minimum atomic E-state index is -0.0700. The number of hydrogen-bond acceptors (Lipinski definition) is 1. The van der Waals surface area contributed by atoms with Crippen LogP contribution in [0.15, 0.2) is 0 Å². The second kappa shape index (κ2) is 4.95. The first-order chi connectivity index (χ1) is 7.65. The molecule has 1 heterocycles. The smallest absolute Gasteiger partial charge is 0.228 e. The van der Waals surface area contributed by atoms with Crippen molar-refractivity contribution in [2.75, 3.05) is 19.0 Å². The van der Waals surface area contributed by atoms with E-state index in [1.165, 1.54) is 19.3 Å². The number of carbonyl (C=O) groups excluding carboxylic acids is 1. The fourth-order valence-corrected chi connectivity index (χ4v) is 3.32. The summed E-state index contributed by atoms with van der Waals surface area (Å²) in [5.41, 5.74) is -0.0700. The van der Waals surface area contributed by atoms with Crippen molar-refractivity contribution >= 4 is 17.5 Å². The molecular formula is C13H22ClNO. The number of halogens is 1. The van der Waals surface area contributed by atoms with E-state index in [0.717, 1.165) is 32.4 Å². The number of rotatable bonds is 2. The van der Waals surface area contributed by atoms with E-state index < -0.39 is 0 Å². The predicted octanol–water partition coefficient (Wildman–Crippen LogP) is 3.04. The van der Waals surface area contributed by atoms with Gasteiger partial charge in [0.15, 0.2) is 0 Å². The molecule has 1 amide bonds. The van der Waals surface area contributed by atoms with Gasteiger partial charge in [-0.3, -0.25) is 4.79 Å². The van der Waals surface area contributed by atoms with Gasteiger partial charge in [-0.05, 0) is 25.2 Å². The minimum absolute atomic E-state index is 0.0700. The lowest BCUT2D eigenvalue weighted by atomic mass is 9.74. The zero-order valence-corrected chi connectivity index (χ0v) is 10.9.